The van der Waals surface area contributed by atoms with Gasteiger partial charge in [-0.3, -0.25) is 0 Å². The standard InChI is InChI=1S/C45H84O2P/c1-7-8-9-10-11-12-13-14-15-16-17-18-19-20-21-22-34-48(46)47-39-30-32-44(5)38(35-39)26-27-40-42-29-28-41(37(4)25-23-24-36(2)3)45(42,6)33-31-43(40)44/h36-43H,7-35H2,1-6H3/q+1/t37-,38?,39+,40+,41-,42+,43+,44+,45-/m1/s1. The van der Waals surface area contributed by atoms with Gasteiger partial charge in [0, 0.05) is 0 Å². The van der Waals surface area contributed by atoms with E-state index in [9.17, 15) is 4.57 Å². The highest BCUT2D eigenvalue weighted by molar-refractivity contribution is 7.39. The van der Waals surface area contributed by atoms with E-state index in [4.69, 9.17) is 4.52 Å². The molecule has 280 valence electrons. The zero-order chi connectivity index (χ0) is 34.4. The van der Waals surface area contributed by atoms with E-state index in [0.29, 0.717) is 10.8 Å². The molecular formula is C45H84O2P+. The molecule has 0 radical (unpaired) electrons. The molecule has 0 aromatic carbocycles. The fraction of sp³-hybridized carbons (Fsp3) is 1.00. The van der Waals surface area contributed by atoms with Gasteiger partial charge in [-0.25, -0.2) is 0 Å². The van der Waals surface area contributed by atoms with Crippen molar-refractivity contribution in [1.82, 2.24) is 0 Å². The molecule has 2 nitrogen and oxygen atoms in total. The van der Waals surface area contributed by atoms with Crippen molar-refractivity contribution in [3.05, 3.63) is 0 Å². The summed E-state index contributed by atoms with van der Waals surface area (Å²) in [7, 11) is -1.49. The second-order valence-corrected chi connectivity index (χ2v) is 20.4. The molecule has 0 aliphatic heterocycles. The first kappa shape index (κ1) is 40.8. The molecule has 0 aromatic rings. The number of fused-ring (bicyclic) bond motifs is 5. The van der Waals surface area contributed by atoms with E-state index in [2.05, 4.69) is 41.5 Å². The first-order chi connectivity index (χ1) is 23.2. The number of rotatable bonds is 24. The lowest BCUT2D eigenvalue weighted by Crippen LogP contribution is -2.54. The molecule has 4 rings (SSSR count). The fourth-order valence-electron chi connectivity index (χ4n) is 12.3. The van der Waals surface area contributed by atoms with Crippen LogP contribution in [0.1, 0.15) is 221 Å². The van der Waals surface area contributed by atoms with Crippen LogP contribution in [0.2, 0.25) is 0 Å². The Labute approximate surface area is 302 Å². The molecule has 4 aliphatic rings. The summed E-state index contributed by atoms with van der Waals surface area (Å²) >= 11 is 0. The van der Waals surface area contributed by atoms with Crippen molar-refractivity contribution in [1.29, 1.82) is 0 Å². The maximum atomic E-state index is 13.0. The smallest absolute Gasteiger partial charge is 0.143 e. The van der Waals surface area contributed by atoms with Crippen molar-refractivity contribution >= 4 is 8.03 Å². The molecule has 4 aliphatic carbocycles. The molecule has 0 amide bonds. The molecule has 0 bridgehead atoms. The third kappa shape index (κ3) is 11.5. The van der Waals surface area contributed by atoms with Gasteiger partial charge in [0.25, 0.3) is 0 Å². The summed E-state index contributed by atoms with van der Waals surface area (Å²) in [4.78, 5) is 0. The average Bonchev–Trinajstić information content (AvgIpc) is 3.42. The van der Waals surface area contributed by atoms with Crippen LogP contribution in [0.3, 0.4) is 0 Å². The third-order valence-corrected chi connectivity index (χ3v) is 16.5. The monoisotopic (exact) mass is 688 g/mol. The molecule has 3 heteroatoms. The molecule has 10 atom stereocenters. The maximum absolute atomic E-state index is 13.0. The van der Waals surface area contributed by atoms with E-state index in [1.807, 2.05) is 0 Å². The molecular weight excluding hydrogens is 603 g/mol. The maximum Gasteiger partial charge on any atom is 0.508 e. The van der Waals surface area contributed by atoms with Gasteiger partial charge in [0.15, 0.2) is 6.16 Å². The Kier molecular flexibility index (Phi) is 17.8. The quantitative estimate of drug-likeness (QED) is 0.0746. The zero-order valence-corrected chi connectivity index (χ0v) is 34.3. The molecule has 0 aromatic heterocycles. The molecule has 0 saturated heterocycles. The normalized spacial score (nSPS) is 34.1. The minimum Gasteiger partial charge on any atom is -0.143 e. The van der Waals surface area contributed by atoms with E-state index in [0.717, 1.165) is 60.4 Å². The lowest BCUT2D eigenvalue weighted by molar-refractivity contribution is -0.126. The summed E-state index contributed by atoms with van der Waals surface area (Å²) in [5.41, 5.74) is 1.08. The molecule has 0 heterocycles. The SMILES string of the molecule is CCCCCCCCCCCCCCCCCC[P+](=O)O[C@H]1CC[C@@]2(C)C(CC[C@H]3[C@@H]4CC[C@H]([C@H](C)CCCC(C)C)[C@@]4(C)CC[C@@H]32)C1. The zero-order valence-electron chi connectivity index (χ0n) is 33.4. The Hall–Kier alpha value is 0.0600. The summed E-state index contributed by atoms with van der Waals surface area (Å²) in [5, 5.41) is 0. The largest absolute Gasteiger partial charge is 0.508 e. The summed E-state index contributed by atoms with van der Waals surface area (Å²) < 4.78 is 19.3. The predicted molar refractivity (Wildman–Crippen MR) is 210 cm³/mol. The molecule has 4 saturated carbocycles. The highest BCUT2D eigenvalue weighted by Crippen LogP contribution is 2.68. The Morgan fingerprint density at radius 3 is 1.79 bits per heavy atom. The average molecular weight is 688 g/mol. The second kappa shape index (κ2) is 20.9. The van der Waals surface area contributed by atoms with Crippen LogP contribution in [0.25, 0.3) is 0 Å². The lowest BCUT2D eigenvalue weighted by atomic mass is 9.44. The minimum atomic E-state index is -1.49. The molecule has 0 N–H and O–H groups in total. The van der Waals surface area contributed by atoms with Crippen molar-refractivity contribution in [3.63, 3.8) is 0 Å². The Bertz CT molecular complexity index is 901. The van der Waals surface area contributed by atoms with Gasteiger partial charge < -0.3 is 0 Å². The van der Waals surface area contributed by atoms with Crippen molar-refractivity contribution in [2.75, 3.05) is 6.16 Å². The van der Waals surface area contributed by atoms with Crippen LogP contribution in [0, 0.1) is 52.3 Å². The van der Waals surface area contributed by atoms with Crippen LogP contribution in [0.4, 0.5) is 0 Å². The summed E-state index contributed by atoms with van der Waals surface area (Å²) in [5.74, 6) is 6.33. The second-order valence-electron chi connectivity index (χ2n) is 19.0. The third-order valence-electron chi connectivity index (χ3n) is 15.3. The van der Waals surface area contributed by atoms with E-state index in [1.165, 1.54) is 167 Å². The summed E-state index contributed by atoms with van der Waals surface area (Å²) in [6.07, 6.45) is 39.9. The van der Waals surface area contributed by atoms with Crippen LogP contribution < -0.4 is 0 Å². The van der Waals surface area contributed by atoms with Gasteiger partial charge in [-0.15, -0.1) is 4.52 Å². The highest BCUT2D eigenvalue weighted by Gasteiger charge is 2.60. The Morgan fingerprint density at radius 1 is 0.625 bits per heavy atom. The Balaban J connectivity index is 1.07. The van der Waals surface area contributed by atoms with E-state index in [-0.39, 0.29) is 6.10 Å². The van der Waals surface area contributed by atoms with Crippen LogP contribution in [0.15, 0.2) is 0 Å². The van der Waals surface area contributed by atoms with Crippen LogP contribution in [0.5, 0.6) is 0 Å². The van der Waals surface area contributed by atoms with E-state index >= 15 is 0 Å². The van der Waals surface area contributed by atoms with Crippen LogP contribution in [-0.4, -0.2) is 12.3 Å². The summed E-state index contributed by atoms with van der Waals surface area (Å²) in [6.45, 7) is 15.1. The molecule has 48 heavy (non-hydrogen) atoms. The van der Waals surface area contributed by atoms with Gasteiger partial charge in [-0.05, 0) is 127 Å². The van der Waals surface area contributed by atoms with Crippen molar-refractivity contribution in [2.45, 2.75) is 227 Å². The van der Waals surface area contributed by atoms with Crippen LogP contribution >= 0.6 is 8.03 Å². The molecule has 2 unspecified atom stereocenters. The summed E-state index contributed by atoms with van der Waals surface area (Å²) in [6, 6.07) is 0. The lowest BCUT2D eigenvalue weighted by Gasteiger charge is -2.61. The number of hydrogen-bond acceptors (Lipinski definition) is 2. The van der Waals surface area contributed by atoms with Crippen molar-refractivity contribution < 1.29 is 9.09 Å². The van der Waals surface area contributed by atoms with E-state index in [1.54, 1.807) is 0 Å². The van der Waals surface area contributed by atoms with Gasteiger partial charge in [-0.1, -0.05) is 151 Å². The number of unbranched alkanes of at least 4 members (excludes halogenated alkanes) is 15. The van der Waals surface area contributed by atoms with Gasteiger partial charge in [0.2, 0.25) is 0 Å². The Morgan fingerprint density at radius 2 is 1.19 bits per heavy atom. The van der Waals surface area contributed by atoms with Gasteiger partial charge in [0.05, 0.1) is 0 Å². The van der Waals surface area contributed by atoms with Gasteiger partial charge in [-0.2, -0.15) is 0 Å². The highest BCUT2D eigenvalue weighted by atomic mass is 31.1. The fourth-order valence-corrected chi connectivity index (χ4v) is 13.5. The van der Waals surface area contributed by atoms with Crippen LogP contribution in [-0.2, 0) is 9.09 Å². The van der Waals surface area contributed by atoms with Gasteiger partial charge in [0.1, 0.15) is 6.10 Å². The van der Waals surface area contributed by atoms with E-state index < -0.39 is 8.03 Å². The number of hydrogen-bond donors (Lipinski definition) is 0. The van der Waals surface area contributed by atoms with Gasteiger partial charge >= 0.3 is 8.03 Å². The van der Waals surface area contributed by atoms with Crippen molar-refractivity contribution in [2.24, 2.45) is 52.3 Å². The molecule has 4 fully saturated rings. The molecule has 0 spiro atoms. The topological polar surface area (TPSA) is 26.3 Å². The first-order valence-electron chi connectivity index (χ1n) is 22.3. The predicted octanol–water partition coefficient (Wildman–Crippen LogP) is 15.5. The first-order valence-corrected chi connectivity index (χ1v) is 23.7. The van der Waals surface area contributed by atoms with Crippen molar-refractivity contribution in [3.8, 4) is 0 Å². The minimum absolute atomic E-state index is 0.251.